The van der Waals surface area contributed by atoms with Crippen LogP contribution in [0.15, 0.2) is 97.2 Å². The minimum atomic E-state index is -1.15. The second-order valence-corrected chi connectivity index (χ2v) is 30.2. The van der Waals surface area contributed by atoms with Crippen molar-refractivity contribution in [2.24, 2.45) is 28.9 Å². The van der Waals surface area contributed by atoms with Crippen LogP contribution in [0.2, 0.25) is 0 Å². The molecule has 31 nitrogen and oxygen atoms in total. The summed E-state index contributed by atoms with van der Waals surface area (Å²) >= 11 is 1.41. The van der Waals surface area contributed by atoms with Crippen LogP contribution in [0.1, 0.15) is 121 Å². The molecule has 10 amide bonds. The highest BCUT2D eigenvalue weighted by molar-refractivity contribution is 7.22. The Morgan fingerprint density at radius 3 is 2.15 bits per heavy atom. The maximum atomic E-state index is 13.9. The number of carbonyl (C=O) groups excluding carboxylic acids is 9. The molecule has 5 heterocycles. The molecule has 0 radical (unpaired) electrons. The van der Waals surface area contributed by atoms with Crippen LogP contribution in [-0.4, -0.2) is 211 Å². The summed E-state index contributed by atoms with van der Waals surface area (Å²) in [7, 11) is 1.67. The molecule has 4 saturated carbocycles. The van der Waals surface area contributed by atoms with E-state index < -0.39 is 59.7 Å². The molecular weight excluding hydrogens is 1440 g/mol. The van der Waals surface area contributed by atoms with E-state index in [1.54, 1.807) is 57.4 Å². The van der Waals surface area contributed by atoms with Crippen LogP contribution >= 0.6 is 11.3 Å². The van der Waals surface area contributed by atoms with Crippen LogP contribution in [0.5, 0.6) is 0 Å². The van der Waals surface area contributed by atoms with Crippen molar-refractivity contribution < 1.29 is 81.5 Å². The summed E-state index contributed by atoms with van der Waals surface area (Å²) in [5.41, 5.74) is 11.1. The van der Waals surface area contributed by atoms with Gasteiger partial charge in [-0.05, 0) is 147 Å². The smallest absolute Gasteiger partial charge is 0.409 e. The van der Waals surface area contributed by atoms with Crippen LogP contribution in [0.3, 0.4) is 0 Å². The molecule has 4 aliphatic carbocycles. The Labute approximate surface area is 641 Å². The number of nitrogens with two attached hydrogens (primary N) is 1. The Bertz CT molecular complexity index is 4270. The van der Waals surface area contributed by atoms with E-state index in [4.69, 9.17) is 44.2 Å². The van der Waals surface area contributed by atoms with E-state index in [-0.39, 0.29) is 119 Å². The van der Waals surface area contributed by atoms with Crippen LogP contribution in [0.25, 0.3) is 21.3 Å². The minimum absolute atomic E-state index is 0.00325. The highest BCUT2D eigenvalue weighted by Gasteiger charge is 2.58. The lowest BCUT2D eigenvalue weighted by Gasteiger charge is -2.61. The molecule has 3 aromatic heterocycles. The number of thiazole rings is 1. The lowest BCUT2D eigenvalue weighted by atomic mass is 9.48. The quantitative estimate of drug-likeness (QED) is 0.0143. The molecule has 4 atom stereocenters. The maximum absolute atomic E-state index is 13.9. The summed E-state index contributed by atoms with van der Waals surface area (Å²) in [6, 6.07) is 21.0. The number of carbonyl (C=O) groups is 10. The van der Waals surface area contributed by atoms with Crippen molar-refractivity contribution in [3.8, 4) is 11.1 Å². The molecule has 9 N–H and O–H groups in total. The van der Waals surface area contributed by atoms with Crippen LogP contribution in [0, 0.1) is 30.1 Å². The summed E-state index contributed by atoms with van der Waals surface area (Å²) in [6.07, 6.45) is 10.5. The van der Waals surface area contributed by atoms with Crippen molar-refractivity contribution in [2.45, 2.75) is 129 Å². The van der Waals surface area contributed by atoms with Gasteiger partial charge in [0.2, 0.25) is 23.6 Å². The summed E-state index contributed by atoms with van der Waals surface area (Å²) in [6.45, 7) is 10.0. The number of imide groups is 1. The number of urea groups is 1. The van der Waals surface area contributed by atoms with Gasteiger partial charge >= 0.3 is 18.1 Å². The summed E-state index contributed by atoms with van der Waals surface area (Å²) in [5, 5.41) is 32.7. The first-order valence-corrected chi connectivity index (χ1v) is 38.3. The van der Waals surface area contributed by atoms with E-state index in [1.807, 2.05) is 65.0 Å². The number of likely N-dealkylation sites (N-methyl/N-ethyl adjacent to an activating group) is 1. The number of anilines is 3. The number of aromatic carboxylic acids is 1. The second-order valence-electron chi connectivity index (χ2n) is 29.1. The molecule has 6 aliphatic rings. The van der Waals surface area contributed by atoms with Gasteiger partial charge in [0.25, 0.3) is 17.7 Å². The number of nitrogens with one attached hydrogen (secondary N) is 6. The SMILES string of the molecule is Cc1c(-c2ccc(N3CCc4cccc(C(=O)Nc5nc6ccccc6s5)c4C3)nc2C(=O)O)cnn1CC12CC3CC(C1)CC(OCCN(C)C(=O)OCc1ccc(NC(=O)[C@H](CCCNC(N)=O)NC(=O)[C@@H](NC(=O)CCOCCOCCOCCOCCNC(=O)CCN4C(=O)C=CC4=O)C(C)C)cc1)(C3)C2. The molecule has 0 spiro atoms. The number of benzene rings is 3. The predicted molar refractivity (Wildman–Crippen MR) is 407 cm³/mol. The lowest BCUT2D eigenvalue weighted by molar-refractivity contribution is -0.197. The fourth-order valence-corrected chi connectivity index (χ4v) is 16.5. The number of pyridine rings is 1. The minimum Gasteiger partial charge on any atom is -0.476 e. The Morgan fingerprint density at radius 2 is 1.45 bits per heavy atom. The highest BCUT2D eigenvalue weighted by atomic mass is 32.1. The van der Waals surface area contributed by atoms with E-state index in [2.05, 4.69) is 36.9 Å². The number of rotatable bonds is 41. The van der Waals surface area contributed by atoms with Crippen LogP contribution in [0.4, 0.5) is 26.2 Å². The topological polar surface area (TPSA) is 398 Å². The average Bonchev–Trinajstić information content (AvgIpc) is 0.959. The third-order valence-electron chi connectivity index (χ3n) is 20.7. The first-order valence-electron chi connectivity index (χ1n) is 37.5. The number of amides is 10. The van der Waals surface area contributed by atoms with E-state index in [0.717, 1.165) is 70.5 Å². The lowest BCUT2D eigenvalue weighted by Crippen LogP contribution is -2.58. The Balaban J connectivity index is 0.585. The molecular formula is C78H98N14O17S. The molecule has 4 bridgehead atoms. The van der Waals surface area contributed by atoms with Crippen LogP contribution in [-0.2, 0) is 83.3 Å². The van der Waals surface area contributed by atoms with Gasteiger partial charge in [-0.3, -0.25) is 48.5 Å². The van der Waals surface area contributed by atoms with E-state index in [1.165, 1.54) is 28.4 Å². The molecule has 4 fully saturated rings. The van der Waals surface area contributed by atoms with Gasteiger partial charge < -0.3 is 75.6 Å². The van der Waals surface area contributed by atoms with Gasteiger partial charge in [-0.25, -0.2) is 24.4 Å². The fraction of sp³-hybridized carbons (Fsp3) is 0.500. The number of aromatic nitrogens is 4. The van der Waals surface area contributed by atoms with Crippen molar-refractivity contribution in [1.82, 2.24) is 50.8 Å². The van der Waals surface area contributed by atoms with E-state index in [0.29, 0.717) is 110 Å². The van der Waals surface area contributed by atoms with Gasteiger partial charge in [0.1, 0.15) is 24.5 Å². The Kier molecular flexibility index (Phi) is 27.8. The van der Waals surface area contributed by atoms with Gasteiger partial charge in [0.15, 0.2) is 10.8 Å². The number of fused-ring (bicyclic) bond motifs is 2. The number of para-hydroxylation sites is 1. The Morgan fingerprint density at radius 1 is 0.745 bits per heavy atom. The van der Waals surface area contributed by atoms with Crippen LogP contribution < -0.4 is 42.5 Å². The van der Waals surface area contributed by atoms with Crippen molar-refractivity contribution in [1.29, 1.82) is 0 Å². The zero-order valence-corrected chi connectivity index (χ0v) is 63.3. The number of hydrogen-bond donors (Lipinski definition) is 8. The van der Waals surface area contributed by atoms with Gasteiger partial charge in [-0.1, -0.05) is 61.6 Å². The van der Waals surface area contributed by atoms with Gasteiger partial charge in [-0.2, -0.15) is 5.10 Å². The fourth-order valence-electron chi connectivity index (χ4n) is 15.6. The van der Waals surface area contributed by atoms with Crippen molar-refractivity contribution in [2.75, 3.05) is 115 Å². The van der Waals surface area contributed by atoms with Crippen molar-refractivity contribution in [3.05, 3.63) is 131 Å². The number of hydrogen-bond acceptors (Lipinski definition) is 21. The normalized spacial score (nSPS) is 18.8. The number of primary amides is 1. The number of carboxylic acids is 1. The predicted octanol–water partition coefficient (Wildman–Crippen LogP) is 6.90. The van der Waals surface area contributed by atoms with Crippen molar-refractivity contribution in [3.63, 3.8) is 0 Å². The summed E-state index contributed by atoms with van der Waals surface area (Å²) in [5.74, 6) is -3.09. The largest absolute Gasteiger partial charge is 0.476 e. The third-order valence-corrected chi connectivity index (χ3v) is 21.6. The standard InChI is InChI=1S/C78H98N14O17S/c1-49(2)68(87-65(94)24-30-104-33-35-106-37-38-107-36-34-105-31-26-80-64(93)23-28-91-66(95)20-21-67(91)96)72(99)84-61(12-8-25-81-74(79)102)71(98)83-55-16-14-51(15-17-55)46-108-76(103)89(4)29-32-109-78-42-52-39-53(43-78)41-77(40-52,47-78)48-92-50(3)58(44-82-92)56-18-19-63(86-69(56)73(100)101)90-27-22-54-9-7-10-57(59(54)45-90)70(97)88-75-85-60-11-5-6-13-62(60)110-75/h5-7,9-11,13-21,44,49,52-53,61,68H,8,12,22-43,45-48H2,1-4H3,(H,80,93)(H,83,98)(H,84,99)(H,87,94)(H,100,101)(H3,79,81,102)(H,85,88,97)/t52?,53?,61-,68-,77?,78?/m0/s1. The number of carboxylic acid groups (broad SMARTS) is 1. The number of nitrogens with zero attached hydrogens (tertiary/aromatic N) is 7. The first kappa shape index (κ1) is 80.8. The zero-order valence-electron chi connectivity index (χ0n) is 62.5. The molecule has 588 valence electrons. The highest BCUT2D eigenvalue weighted by Crippen LogP contribution is 2.63. The molecule has 6 aromatic rings. The molecule has 12 rings (SSSR count). The molecule has 110 heavy (non-hydrogen) atoms. The van der Waals surface area contributed by atoms with Crippen molar-refractivity contribution >= 4 is 97.6 Å². The van der Waals surface area contributed by atoms with Gasteiger partial charge in [0.05, 0.1) is 81.5 Å². The molecule has 3 aromatic carbocycles. The first-order chi connectivity index (χ1) is 53.0. The van der Waals surface area contributed by atoms with Gasteiger partial charge in [0, 0.05) is 106 Å². The molecule has 32 heteroatoms. The summed E-state index contributed by atoms with van der Waals surface area (Å²) in [4.78, 5) is 142. The van der Waals surface area contributed by atoms with Gasteiger partial charge in [-0.15, -0.1) is 0 Å². The monoisotopic (exact) mass is 1530 g/mol. The molecule has 2 aliphatic heterocycles. The van der Waals surface area contributed by atoms with E-state index in [9.17, 15) is 53.1 Å². The average molecular weight is 1540 g/mol. The molecule has 2 unspecified atom stereocenters. The second kappa shape index (κ2) is 37.9. The molecule has 0 saturated heterocycles. The number of ether oxygens (including phenoxy) is 6. The third kappa shape index (κ3) is 21.6. The van der Waals surface area contributed by atoms with E-state index >= 15 is 0 Å². The summed E-state index contributed by atoms with van der Waals surface area (Å²) < 4.78 is 37.6. The zero-order chi connectivity index (χ0) is 77.9. The maximum Gasteiger partial charge on any atom is 0.409 e. The Hall–Kier alpha value is -10.2.